The molecule has 2 aromatic carbocycles. The highest BCUT2D eigenvalue weighted by atomic mass is 32.2. The Balaban J connectivity index is 1.59. The van der Waals surface area contributed by atoms with Crippen molar-refractivity contribution in [3.05, 3.63) is 53.8 Å². The van der Waals surface area contributed by atoms with Crippen LogP contribution in [0.4, 0.5) is 4.39 Å². The molecule has 0 saturated heterocycles. The van der Waals surface area contributed by atoms with Gasteiger partial charge in [0.2, 0.25) is 16.8 Å². The standard InChI is InChI=1S/C16H16FNO5S/c17-12-2-1-3-13(9-12)24(20,21)18-7-6-14(19)11-4-5-15-16(8-11)23-10-22-15/h1-5,8-9,14,18-19H,6-7,10H2. The van der Waals surface area contributed by atoms with Gasteiger partial charge in [-0.05, 0) is 42.3 Å². The second kappa shape index (κ2) is 6.76. The van der Waals surface area contributed by atoms with Crippen molar-refractivity contribution >= 4 is 10.0 Å². The van der Waals surface area contributed by atoms with E-state index in [0.29, 0.717) is 17.1 Å². The number of benzene rings is 2. The van der Waals surface area contributed by atoms with E-state index in [0.717, 1.165) is 6.07 Å². The van der Waals surface area contributed by atoms with E-state index in [2.05, 4.69) is 4.72 Å². The minimum atomic E-state index is -3.82. The van der Waals surface area contributed by atoms with E-state index in [-0.39, 0.29) is 24.7 Å². The van der Waals surface area contributed by atoms with E-state index in [1.807, 2.05) is 0 Å². The van der Waals surface area contributed by atoms with Crippen molar-refractivity contribution < 1.29 is 27.4 Å². The molecule has 0 saturated carbocycles. The Morgan fingerprint density at radius 1 is 1.17 bits per heavy atom. The van der Waals surface area contributed by atoms with Gasteiger partial charge in [-0.1, -0.05) is 12.1 Å². The number of ether oxygens (including phenoxy) is 2. The number of hydrogen-bond acceptors (Lipinski definition) is 5. The third kappa shape index (κ3) is 3.66. The van der Waals surface area contributed by atoms with Gasteiger partial charge in [0, 0.05) is 6.54 Å². The molecule has 0 amide bonds. The Kier molecular flexibility index (Phi) is 4.70. The summed E-state index contributed by atoms with van der Waals surface area (Å²) in [5.41, 5.74) is 0.601. The summed E-state index contributed by atoms with van der Waals surface area (Å²) < 4.78 is 50.0. The van der Waals surface area contributed by atoms with Crippen LogP contribution in [0.25, 0.3) is 0 Å². The molecule has 0 aliphatic carbocycles. The summed E-state index contributed by atoms with van der Waals surface area (Å²) in [4.78, 5) is -0.153. The molecular weight excluding hydrogens is 337 g/mol. The predicted molar refractivity (Wildman–Crippen MR) is 83.7 cm³/mol. The molecule has 1 aliphatic heterocycles. The first kappa shape index (κ1) is 16.7. The van der Waals surface area contributed by atoms with Gasteiger partial charge in [0.25, 0.3) is 0 Å². The minimum absolute atomic E-state index is 0.00839. The molecule has 0 fully saturated rings. The average molecular weight is 353 g/mol. The third-order valence-corrected chi connectivity index (χ3v) is 5.06. The van der Waals surface area contributed by atoms with E-state index in [4.69, 9.17) is 9.47 Å². The molecule has 2 aromatic rings. The SMILES string of the molecule is O=S(=O)(NCCC(O)c1ccc2c(c1)OCO2)c1cccc(F)c1. The zero-order valence-corrected chi connectivity index (χ0v) is 13.4. The molecule has 8 heteroatoms. The van der Waals surface area contributed by atoms with Crippen LogP contribution in [0.5, 0.6) is 11.5 Å². The lowest BCUT2D eigenvalue weighted by atomic mass is 10.1. The van der Waals surface area contributed by atoms with Crippen LogP contribution in [0.3, 0.4) is 0 Å². The summed E-state index contributed by atoms with van der Waals surface area (Å²) in [7, 11) is -3.82. The monoisotopic (exact) mass is 353 g/mol. The van der Waals surface area contributed by atoms with E-state index in [9.17, 15) is 17.9 Å². The van der Waals surface area contributed by atoms with E-state index in [1.54, 1.807) is 18.2 Å². The summed E-state index contributed by atoms with van der Waals surface area (Å²) in [6, 6.07) is 9.79. The topological polar surface area (TPSA) is 84.9 Å². The number of rotatable bonds is 6. The number of fused-ring (bicyclic) bond motifs is 1. The van der Waals surface area contributed by atoms with Crippen LogP contribution in [0.1, 0.15) is 18.1 Å². The van der Waals surface area contributed by atoms with Crippen LogP contribution in [-0.4, -0.2) is 26.9 Å². The molecule has 1 heterocycles. The Morgan fingerprint density at radius 2 is 1.96 bits per heavy atom. The second-order valence-electron chi connectivity index (χ2n) is 5.27. The molecule has 128 valence electrons. The summed E-state index contributed by atoms with van der Waals surface area (Å²) in [6.45, 7) is 0.150. The second-order valence-corrected chi connectivity index (χ2v) is 7.04. The number of halogens is 1. The van der Waals surface area contributed by atoms with Crippen molar-refractivity contribution in [2.24, 2.45) is 0 Å². The third-order valence-electron chi connectivity index (χ3n) is 3.60. The van der Waals surface area contributed by atoms with Gasteiger partial charge in [-0.2, -0.15) is 0 Å². The quantitative estimate of drug-likeness (QED) is 0.829. The molecular formula is C16H16FNO5S. The molecule has 0 radical (unpaired) electrons. The first-order chi connectivity index (χ1) is 11.5. The Labute approximate surface area is 138 Å². The largest absolute Gasteiger partial charge is 0.454 e. The highest BCUT2D eigenvalue weighted by Gasteiger charge is 2.18. The fourth-order valence-electron chi connectivity index (χ4n) is 2.33. The van der Waals surface area contributed by atoms with Crippen LogP contribution in [0.2, 0.25) is 0 Å². The van der Waals surface area contributed by atoms with Crippen molar-refractivity contribution in [2.75, 3.05) is 13.3 Å². The van der Waals surface area contributed by atoms with Gasteiger partial charge >= 0.3 is 0 Å². The summed E-state index contributed by atoms with van der Waals surface area (Å²) in [6.07, 6.45) is -0.705. The van der Waals surface area contributed by atoms with Crippen LogP contribution >= 0.6 is 0 Å². The molecule has 1 unspecified atom stereocenters. The first-order valence-electron chi connectivity index (χ1n) is 7.28. The smallest absolute Gasteiger partial charge is 0.240 e. The van der Waals surface area contributed by atoms with Gasteiger partial charge in [-0.3, -0.25) is 0 Å². The minimum Gasteiger partial charge on any atom is -0.454 e. The molecule has 24 heavy (non-hydrogen) atoms. The summed E-state index contributed by atoms with van der Waals surface area (Å²) >= 11 is 0. The molecule has 2 N–H and O–H groups in total. The lowest BCUT2D eigenvalue weighted by molar-refractivity contribution is 0.166. The molecule has 0 bridgehead atoms. The number of aliphatic hydroxyl groups is 1. The normalized spacial score (nSPS) is 14.6. The van der Waals surface area contributed by atoms with E-state index < -0.39 is 21.9 Å². The van der Waals surface area contributed by atoms with E-state index >= 15 is 0 Å². The van der Waals surface area contributed by atoms with Crippen molar-refractivity contribution in [1.29, 1.82) is 0 Å². The molecule has 0 aromatic heterocycles. The molecule has 1 aliphatic rings. The van der Waals surface area contributed by atoms with E-state index in [1.165, 1.54) is 18.2 Å². The number of aliphatic hydroxyl groups excluding tert-OH is 1. The summed E-state index contributed by atoms with van der Waals surface area (Å²) in [5.74, 6) is 0.530. The van der Waals surface area contributed by atoms with Gasteiger partial charge in [0.1, 0.15) is 5.82 Å². The Bertz CT molecular complexity index is 840. The molecule has 6 nitrogen and oxygen atoms in total. The van der Waals surface area contributed by atoms with Crippen molar-refractivity contribution in [3.8, 4) is 11.5 Å². The van der Waals surface area contributed by atoms with Crippen molar-refractivity contribution in [1.82, 2.24) is 4.72 Å². The highest BCUT2D eigenvalue weighted by Crippen LogP contribution is 2.34. The van der Waals surface area contributed by atoms with Gasteiger partial charge in [-0.15, -0.1) is 0 Å². The zero-order chi connectivity index (χ0) is 17.2. The van der Waals surface area contributed by atoms with Gasteiger partial charge in [-0.25, -0.2) is 17.5 Å². The highest BCUT2D eigenvalue weighted by molar-refractivity contribution is 7.89. The maximum absolute atomic E-state index is 13.1. The van der Waals surface area contributed by atoms with Gasteiger partial charge < -0.3 is 14.6 Å². The van der Waals surface area contributed by atoms with Crippen LogP contribution < -0.4 is 14.2 Å². The van der Waals surface area contributed by atoms with Gasteiger partial charge in [0.15, 0.2) is 11.5 Å². The first-order valence-corrected chi connectivity index (χ1v) is 8.77. The van der Waals surface area contributed by atoms with Crippen molar-refractivity contribution in [3.63, 3.8) is 0 Å². The van der Waals surface area contributed by atoms with Crippen molar-refractivity contribution in [2.45, 2.75) is 17.4 Å². The van der Waals surface area contributed by atoms with Gasteiger partial charge in [0.05, 0.1) is 11.0 Å². The van der Waals surface area contributed by atoms with Crippen LogP contribution in [0, 0.1) is 5.82 Å². The Hall–Kier alpha value is -2.16. The Morgan fingerprint density at radius 3 is 2.75 bits per heavy atom. The van der Waals surface area contributed by atoms with Crippen LogP contribution in [0.15, 0.2) is 47.4 Å². The fourth-order valence-corrected chi connectivity index (χ4v) is 3.41. The fraction of sp³-hybridized carbons (Fsp3) is 0.250. The predicted octanol–water partition coefficient (Wildman–Crippen LogP) is 1.96. The molecule has 1 atom stereocenters. The average Bonchev–Trinajstić information content (AvgIpc) is 3.02. The number of nitrogens with one attached hydrogen (secondary N) is 1. The maximum Gasteiger partial charge on any atom is 0.240 e. The number of hydrogen-bond donors (Lipinski definition) is 2. The molecule has 3 rings (SSSR count). The maximum atomic E-state index is 13.1. The summed E-state index contributed by atoms with van der Waals surface area (Å²) in [5, 5.41) is 10.2. The lowest BCUT2D eigenvalue weighted by Crippen LogP contribution is -2.26. The number of sulfonamides is 1. The zero-order valence-electron chi connectivity index (χ0n) is 12.6. The lowest BCUT2D eigenvalue weighted by Gasteiger charge is -2.12. The molecule has 0 spiro atoms. The van der Waals surface area contributed by atoms with Crippen LogP contribution in [-0.2, 0) is 10.0 Å².